The first-order chi connectivity index (χ1) is 14.7. The van der Waals surface area contributed by atoms with Crippen molar-refractivity contribution in [3.8, 4) is 28.4 Å². The average Bonchev–Trinajstić information content (AvgIpc) is 3.24. The SMILES string of the molecule is COc1ccc2nc(-c3ccccc3)c3nnc(-c4ccc([N+](=O)[O-])cc4)n3c2c1. The van der Waals surface area contributed by atoms with Crippen LogP contribution in [0.3, 0.4) is 0 Å². The molecule has 0 saturated carbocycles. The molecule has 3 aromatic carbocycles. The van der Waals surface area contributed by atoms with Gasteiger partial charge in [-0.05, 0) is 24.3 Å². The molecule has 0 amide bonds. The first kappa shape index (κ1) is 17.7. The third-order valence-corrected chi connectivity index (χ3v) is 4.91. The molecule has 0 aliphatic heterocycles. The van der Waals surface area contributed by atoms with E-state index in [9.17, 15) is 10.1 Å². The van der Waals surface area contributed by atoms with E-state index in [0.717, 1.165) is 16.6 Å². The summed E-state index contributed by atoms with van der Waals surface area (Å²) in [5.74, 6) is 1.25. The molecule has 8 heteroatoms. The summed E-state index contributed by atoms with van der Waals surface area (Å²) >= 11 is 0. The Morgan fingerprint density at radius 1 is 0.933 bits per heavy atom. The van der Waals surface area contributed by atoms with Gasteiger partial charge in [0, 0.05) is 29.3 Å². The predicted molar refractivity (Wildman–Crippen MR) is 112 cm³/mol. The third kappa shape index (κ3) is 2.82. The first-order valence-corrected chi connectivity index (χ1v) is 9.19. The van der Waals surface area contributed by atoms with Crippen molar-refractivity contribution in [1.29, 1.82) is 0 Å². The first-order valence-electron chi connectivity index (χ1n) is 9.19. The van der Waals surface area contributed by atoms with E-state index in [-0.39, 0.29) is 5.69 Å². The minimum atomic E-state index is -0.427. The molecule has 146 valence electrons. The Morgan fingerprint density at radius 3 is 2.40 bits per heavy atom. The van der Waals surface area contributed by atoms with Gasteiger partial charge in [-0.2, -0.15) is 0 Å². The van der Waals surface area contributed by atoms with E-state index in [1.54, 1.807) is 19.2 Å². The zero-order valence-corrected chi connectivity index (χ0v) is 15.9. The number of rotatable bonds is 4. The number of fused-ring (bicyclic) bond motifs is 3. The largest absolute Gasteiger partial charge is 0.497 e. The summed E-state index contributed by atoms with van der Waals surface area (Å²) in [5, 5.41) is 19.8. The fraction of sp³-hybridized carbons (Fsp3) is 0.0455. The lowest BCUT2D eigenvalue weighted by atomic mass is 10.1. The summed E-state index contributed by atoms with van der Waals surface area (Å²) < 4.78 is 7.30. The van der Waals surface area contributed by atoms with Gasteiger partial charge >= 0.3 is 0 Å². The topological polar surface area (TPSA) is 95.5 Å². The van der Waals surface area contributed by atoms with Crippen LogP contribution in [0.25, 0.3) is 39.3 Å². The summed E-state index contributed by atoms with van der Waals surface area (Å²) in [6.07, 6.45) is 0. The fourth-order valence-electron chi connectivity index (χ4n) is 3.45. The maximum absolute atomic E-state index is 11.0. The smallest absolute Gasteiger partial charge is 0.269 e. The van der Waals surface area contributed by atoms with Crippen molar-refractivity contribution in [2.75, 3.05) is 7.11 Å². The normalized spacial score (nSPS) is 11.1. The molecular weight excluding hydrogens is 382 g/mol. The van der Waals surface area contributed by atoms with Crippen molar-refractivity contribution in [1.82, 2.24) is 19.6 Å². The highest BCUT2D eigenvalue weighted by Gasteiger charge is 2.18. The van der Waals surface area contributed by atoms with Gasteiger partial charge in [0.05, 0.1) is 23.1 Å². The summed E-state index contributed by atoms with van der Waals surface area (Å²) in [4.78, 5) is 15.4. The molecule has 5 rings (SSSR count). The molecule has 0 spiro atoms. The van der Waals surface area contributed by atoms with Gasteiger partial charge in [-0.25, -0.2) is 4.98 Å². The highest BCUT2D eigenvalue weighted by atomic mass is 16.6. The molecule has 2 aromatic heterocycles. The molecule has 8 nitrogen and oxygen atoms in total. The molecule has 0 N–H and O–H groups in total. The molecule has 0 radical (unpaired) electrons. The van der Waals surface area contributed by atoms with Crippen molar-refractivity contribution in [3.05, 3.63) is 82.9 Å². The number of methoxy groups -OCH3 is 1. The standard InChI is InChI=1S/C22H15N5O3/c1-30-17-11-12-18-19(13-17)26-21(15-7-9-16(10-8-15)27(28)29)24-25-22(26)20(23-18)14-5-3-2-4-6-14/h2-13H,1H3. The van der Waals surface area contributed by atoms with Crippen LogP contribution in [0.15, 0.2) is 72.8 Å². The lowest BCUT2D eigenvalue weighted by Gasteiger charge is -2.10. The number of nitro benzene ring substituents is 1. The summed E-state index contributed by atoms with van der Waals surface area (Å²) in [6.45, 7) is 0. The zero-order chi connectivity index (χ0) is 20.7. The lowest BCUT2D eigenvalue weighted by Crippen LogP contribution is -1.98. The van der Waals surface area contributed by atoms with E-state index >= 15 is 0 Å². The molecule has 0 bridgehead atoms. The Bertz CT molecular complexity index is 1400. The van der Waals surface area contributed by atoms with E-state index in [2.05, 4.69) is 10.2 Å². The molecule has 2 heterocycles. The number of ether oxygens (including phenoxy) is 1. The van der Waals surface area contributed by atoms with E-state index in [1.165, 1.54) is 12.1 Å². The molecule has 0 unspecified atom stereocenters. The van der Waals surface area contributed by atoms with E-state index in [0.29, 0.717) is 28.5 Å². The van der Waals surface area contributed by atoms with E-state index in [1.807, 2.05) is 52.9 Å². The second kappa shape index (κ2) is 6.93. The van der Waals surface area contributed by atoms with Gasteiger partial charge in [-0.3, -0.25) is 14.5 Å². The van der Waals surface area contributed by atoms with Gasteiger partial charge in [0.25, 0.3) is 5.69 Å². The quantitative estimate of drug-likeness (QED) is 0.327. The Balaban J connectivity index is 1.84. The van der Waals surface area contributed by atoms with Gasteiger partial charge in [-0.15, -0.1) is 10.2 Å². The number of hydrogen-bond donors (Lipinski definition) is 0. The molecule has 30 heavy (non-hydrogen) atoms. The maximum Gasteiger partial charge on any atom is 0.269 e. The van der Waals surface area contributed by atoms with Gasteiger partial charge < -0.3 is 4.74 Å². The minimum absolute atomic E-state index is 0.0192. The summed E-state index contributed by atoms with van der Waals surface area (Å²) in [7, 11) is 1.60. The highest BCUT2D eigenvalue weighted by molar-refractivity contribution is 5.88. The number of nitro groups is 1. The molecule has 0 aliphatic carbocycles. The lowest BCUT2D eigenvalue weighted by molar-refractivity contribution is -0.384. The Morgan fingerprint density at radius 2 is 1.70 bits per heavy atom. The summed E-state index contributed by atoms with van der Waals surface area (Å²) in [5.41, 5.74) is 4.48. The minimum Gasteiger partial charge on any atom is -0.497 e. The van der Waals surface area contributed by atoms with Gasteiger partial charge in [-0.1, -0.05) is 30.3 Å². The number of non-ortho nitro benzene ring substituents is 1. The van der Waals surface area contributed by atoms with Crippen LogP contribution in [0, 0.1) is 10.1 Å². The Kier molecular flexibility index (Phi) is 4.10. The number of nitrogens with zero attached hydrogens (tertiary/aromatic N) is 5. The van der Waals surface area contributed by atoms with Gasteiger partial charge in [0.1, 0.15) is 11.4 Å². The van der Waals surface area contributed by atoms with Gasteiger partial charge in [0.15, 0.2) is 11.5 Å². The van der Waals surface area contributed by atoms with Crippen LogP contribution in [-0.2, 0) is 0 Å². The molecule has 0 saturated heterocycles. The third-order valence-electron chi connectivity index (χ3n) is 4.91. The van der Waals surface area contributed by atoms with Crippen molar-refractivity contribution in [2.24, 2.45) is 0 Å². The second-order valence-electron chi connectivity index (χ2n) is 6.67. The van der Waals surface area contributed by atoms with Crippen molar-refractivity contribution < 1.29 is 9.66 Å². The number of aromatic nitrogens is 4. The zero-order valence-electron chi connectivity index (χ0n) is 15.9. The maximum atomic E-state index is 11.0. The highest BCUT2D eigenvalue weighted by Crippen LogP contribution is 2.31. The van der Waals surface area contributed by atoms with Gasteiger partial charge in [0.2, 0.25) is 0 Å². The van der Waals surface area contributed by atoms with Crippen LogP contribution in [-0.4, -0.2) is 31.6 Å². The van der Waals surface area contributed by atoms with E-state index < -0.39 is 4.92 Å². The fourth-order valence-corrected chi connectivity index (χ4v) is 3.45. The van der Waals surface area contributed by atoms with Crippen molar-refractivity contribution >= 4 is 22.4 Å². The van der Waals surface area contributed by atoms with Crippen LogP contribution in [0.5, 0.6) is 5.75 Å². The Hall–Kier alpha value is -4.33. The van der Waals surface area contributed by atoms with Crippen LogP contribution < -0.4 is 4.74 Å². The predicted octanol–water partition coefficient (Wildman–Crippen LogP) is 4.53. The van der Waals surface area contributed by atoms with E-state index in [4.69, 9.17) is 9.72 Å². The molecule has 0 atom stereocenters. The Labute approximate surface area is 170 Å². The van der Waals surface area contributed by atoms with Crippen LogP contribution in [0.2, 0.25) is 0 Å². The molecule has 5 aromatic rings. The van der Waals surface area contributed by atoms with Crippen molar-refractivity contribution in [3.63, 3.8) is 0 Å². The molecular formula is C22H15N5O3. The number of hydrogen-bond acceptors (Lipinski definition) is 6. The average molecular weight is 397 g/mol. The molecule has 0 fully saturated rings. The molecule has 0 aliphatic rings. The number of benzene rings is 3. The van der Waals surface area contributed by atoms with Crippen LogP contribution in [0.1, 0.15) is 0 Å². The summed E-state index contributed by atoms with van der Waals surface area (Å²) in [6, 6.07) is 21.6. The van der Waals surface area contributed by atoms with Crippen molar-refractivity contribution in [2.45, 2.75) is 0 Å². The second-order valence-corrected chi connectivity index (χ2v) is 6.67. The van der Waals surface area contributed by atoms with Crippen LogP contribution >= 0.6 is 0 Å². The van der Waals surface area contributed by atoms with Crippen LogP contribution in [0.4, 0.5) is 5.69 Å². The monoisotopic (exact) mass is 397 g/mol.